The van der Waals surface area contributed by atoms with E-state index in [9.17, 15) is 9.59 Å². The smallest absolute Gasteiger partial charge is 0.339 e. The summed E-state index contributed by atoms with van der Waals surface area (Å²) in [6.07, 6.45) is 8.64. The zero-order chi connectivity index (χ0) is 27.0. The highest BCUT2D eigenvalue weighted by atomic mass is 16.4. The number of benzene rings is 1. The third kappa shape index (κ3) is 40.1. The number of para-hydroxylation sites is 1. The monoisotopic (exact) mass is 493 g/mol. The minimum absolute atomic E-state index is 0.0671. The SMILES string of the molecule is CCCCCCCCCC(=O)O.NCCO.NCCO.NCCO.O=C(O)c1ccccc1O. The van der Waals surface area contributed by atoms with Crippen LogP contribution in [0.2, 0.25) is 0 Å². The van der Waals surface area contributed by atoms with E-state index in [0.717, 1.165) is 12.8 Å². The van der Waals surface area contributed by atoms with Crippen LogP contribution in [0.15, 0.2) is 24.3 Å². The van der Waals surface area contributed by atoms with Crippen LogP contribution in [0.5, 0.6) is 5.75 Å². The number of carboxylic acids is 2. The lowest BCUT2D eigenvalue weighted by Gasteiger charge is -1.98. The summed E-state index contributed by atoms with van der Waals surface area (Å²) in [7, 11) is 0. The maximum absolute atomic E-state index is 10.3. The fourth-order valence-electron chi connectivity index (χ4n) is 1.89. The number of phenols is 1. The molecule has 0 radical (unpaired) electrons. The minimum atomic E-state index is -1.11. The maximum Gasteiger partial charge on any atom is 0.339 e. The van der Waals surface area contributed by atoms with Crippen molar-refractivity contribution in [2.75, 3.05) is 39.5 Å². The lowest BCUT2D eigenvalue weighted by molar-refractivity contribution is -0.137. The molecular weight excluding hydrogens is 446 g/mol. The van der Waals surface area contributed by atoms with Crippen molar-refractivity contribution in [2.45, 2.75) is 58.3 Å². The van der Waals surface area contributed by atoms with E-state index in [0.29, 0.717) is 26.1 Å². The summed E-state index contributed by atoms with van der Waals surface area (Å²) in [5.74, 6) is -1.98. The van der Waals surface area contributed by atoms with Crippen LogP contribution < -0.4 is 17.2 Å². The fraction of sp³-hybridized carbons (Fsp3) is 0.652. The van der Waals surface area contributed by atoms with E-state index in [1.807, 2.05) is 0 Å². The molecule has 0 aliphatic heterocycles. The largest absolute Gasteiger partial charge is 0.507 e. The van der Waals surface area contributed by atoms with Gasteiger partial charge in [0, 0.05) is 26.1 Å². The Kier molecular flexibility index (Phi) is 40.5. The van der Waals surface area contributed by atoms with Crippen LogP contribution in [0.3, 0.4) is 0 Å². The molecule has 1 aromatic rings. The number of nitrogens with two attached hydrogens (primary N) is 3. The van der Waals surface area contributed by atoms with Crippen molar-refractivity contribution in [3.8, 4) is 5.75 Å². The van der Waals surface area contributed by atoms with Crippen molar-refractivity contribution in [1.29, 1.82) is 0 Å². The third-order valence-electron chi connectivity index (χ3n) is 3.52. The molecule has 34 heavy (non-hydrogen) atoms. The average molecular weight is 494 g/mol. The van der Waals surface area contributed by atoms with Gasteiger partial charge in [0.15, 0.2) is 0 Å². The Morgan fingerprint density at radius 2 is 1.12 bits per heavy atom. The number of aliphatic carboxylic acids is 1. The molecule has 1 rings (SSSR count). The van der Waals surface area contributed by atoms with E-state index >= 15 is 0 Å². The first kappa shape index (κ1) is 39.0. The van der Waals surface area contributed by atoms with Gasteiger partial charge in [0.1, 0.15) is 11.3 Å². The second kappa shape index (κ2) is 35.3. The van der Waals surface area contributed by atoms with Crippen LogP contribution >= 0.6 is 0 Å². The predicted molar refractivity (Wildman–Crippen MR) is 134 cm³/mol. The van der Waals surface area contributed by atoms with E-state index in [1.54, 1.807) is 12.1 Å². The summed E-state index contributed by atoms with van der Waals surface area (Å²) in [6.45, 7) is 3.62. The molecule has 0 fully saturated rings. The molecule has 0 spiro atoms. The van der Waals surface area contributed by atoms with Gasteiger partial charge in [0.2, 0.25) is 0 Å². The van der Waals surface area contributed by atoms with Gasteiger partial charge >= 0.3 is 11.9 Å². The van der Waals surface area contributed by atoms with E-state index in [2.05, 4.69) is 6.92 Å². The molecule has 0 amide bonds. The Morgan fingerprint density at radius 1 is 0.735 bits per heavy atom. The number of rotatable bonds is 12. The number of aromatic hydroxyl groups is 1. The van der Waals surface area contributed by atoms with Gasteiger partial charge < -0.3 is 47.8 Å². The molecule has 0 aliphatic rings. The molecule has 0 bridgehead atoms. The molecule has 0 heterocycles. The third-order valence-corrected chi connectivity index (χ3v) is 3.52. The molecule has 0 saturated heterocycles. The van der Waals surface area contributed by atoms with E-state index < -0.39 is 11.9 Å². The van der Waals surface area contributed by atoms with Crippen molar-refractivity contribution in [2.24, 2.45) is 17.2 Å². The second-order valence-electron chi connectivity index (χ2n) is 6.62. The molecule has 0 unspecified atom stereocenters. The molecule has 0 aromatic heterocycles. The summed E-state index contributed by atoms with van der Waals surface area (Å²) in [5, 5.41) is 48.9. The van der Waals surface area contributed by atoms with Crippen LogP contribution in [-0.2, 0) is 4.79 Å². The first-order chi connectivity index (χ1) is 16.2. The van der Waals surface area contributed by atoms with Crippen molar-refractivity contribution in [1.82, 2.24) is 0 Å². The van der Waals surface area contributed by atoms with Crippen molar-refractivity contribution in [3.63, 3.8) is 0 Å². The second-order valence-corrected chi connectivity index (χ2v) is 6.62. The van der Waals surface area contributed by atoms with Crippen LogP contribution in [0.4, 0.5) is 0 Å². The molecular formula is C23H47N3O8. The Bertz CT molecular complexity index is 533. The van der Waals surface area contributed by atoms with E-state index in [1.165, 1.54) is 44.2 Å². The lowest BCUT2D eigenvalue weighted by atomic mass is 10.1. The number of aliphatic hydroxyl groups is 3. The molecule has 0 atom stereocenters. The number of unbranched alkanes of at least 4 members (excludes halogenated alkanes) is 6. The summed E-state index contributed by atoms with van der Waals surface area (Å²) >= 11 is 0. The van der Waals surface area contributed by atoms with Gasteiger partial charge in [-0.25, -0.2) is 4.79 Å². The number of carbonyl (C=O) groups is 2. The van der Waals surface area contributed by atoms with Crippen LogP contribution in [-0.4, -0.2) is 82.0 Å². The Labute approximate surface area is 203 Å². The highest BCUT2D eigenvalue weighted by Gasteiger charge is 2.05. The molecule has 11 heteroatoms. The predicted octanol–water partition coefficient (Wildman–Crippen LogP) is 1.11. The van der Waals surface area contributed by atoms with Crippen molar-refractivity contribution < 1.29 is 40.2 Å². The molecule has 202 valence electrons. The van der Waals surface area contributed by atoms with Crippen LogP contribution in [0.25, 0.3) is 0 Å². The van der Waals surface area contributed by atoms with E-state index in [-0.39, 0.29) is 31.1 Å². The van der Waals surface area contributed by atoms with Gasteiger partial charge in [-0.05, 0) is 18.6 Å². The highest BCUT2D eigenvalue weighted by Crippen LogP contribution is 2.14. The highest BCUT2D eigenvalue weighted by molar-refractivity contribution is 5.90. The zero-order valence-electron chi connectivity index (χ0n) is 20.4. The van der Waals surface area contributed by atoms with E-state index in [4.69, 9.17) is 47.8 Å². The maximum atomic E-state index is 10.3. The molecule has 11 nitrogen and oxygen atoms in total. The van der Waals surface area contributed by atoms with Gasteiger partial charge in [0.25, 0.3) is 0 Å². The van der Waals surface area contributed by atoms with Crippen LogP contribution in [0, 0.1) is 0 Å². The van der Waals surface area contributed by atoms with Gasteiger partial charge in [-0.2, -0.15) is 0 Å². The van der Waals surface area contributed by atoms with Gasteiger partial charge in [0.05, 0.1) is 19.8 Å². The number of hydrogen-bond donors (Lipinski definition) is 9. The summed E-state index contributed by atoms with van der Waals surface area (Å²) < 4.78 is 0. The Balaban J connectivity index is -0.000000182. The van der Waals surface area contributed by atoms with Crippen LogP contribution in [0.1, 0.15) is 68.6 Å². The zero-order valence-corrected chi connectivity index (χ0v) is 20.4. The number of aromatic carboxylic acids is 1. The first-order valence-corrected chi connectivity index (χ1v) is 11.4. The summed E-state index contributed by atoms with van der Waals surface area (Å²) in [6, 6.07) is 5.81. The van der Waals surface area contributed by atoms with Crippen molar-refractivity contribution >= 4 is 11.9 Å². The standard InChI is InChI=1S/C10H20O2.C7H6O3.3C2H7NO/c1-2-3-4-5-6-7-8-9-10(11)12;8-6-4-2-1-3-5(6)7(9)10;3*3-1-2-4/h2-9H2,1H3,(H,11,12);1-4,8H,(H,9,10);3*4H,1-3H2. The molecule has 0 saturated carbocycles. The Morgan fingerprint density at radius 3 is 1.41 bits per heavy atom. The molecule has 1 aromatic carbocycles. The average Bonchev–Trinajstić information content (AvgIpc) is 2.84. The Hall–Kier alpha value is -2.28. The number of carboxylic acid groups (broad SMARTS) is 2. The quantitative estimate of drug-likeness (QED) is 0.187. The minimum Gasteiger partial charge on any atom is -0.507 e. The number of aliphatic hydroxyl groups excluding tert-OH is 3. The summed E-state index contributed by atoms with van der Waals surface area (Å²) in [4.78, 5) is 20.4. The lowest BCUT2D eigenvalue weighted by Crippen LogP contribution is -2.02. The topological polar surface area (TPSA) is 234 Å². The van der Waals surface area contributed by atoms with Gasteiger partial charge in [-0.1, -0.05) is 57.6 Å². The summed E-state index contributed by atoms with van der Waals surface area (Å²) in [5.41, 5.74) is 14.3. The molecule has 0 aliphatic carbocycles. The van der Waals surface area contributed by atoms with Crippen molar-refractivity contribution in [3.05, 3.63) is 29.8 Å². The fourth-order valence-corrected chi connectivity index (χ4v) is 1.89. The van der Waals surface area contributed by atoms with Gasteiger partial charge in [-0.3, -0.25) is 4.79 Å². The van der Waals surface area contributed by atoms with Gasteiger partial charge in [-0.15, -0.1) is 0 Å². The first-order valence-electron chi connectivity index (χ1n) is 11.4. The molecule has 12 N–H and O–H groups in total. The number of hydrogen-bond acceptors (Lipinski definition) is 9. The normalized spacial score (nSPS) is 8.91.